The van der Waals surface area contributed by atoms with E-state index in [2.05, 4.69) is 37.8 Å². The van der Waals surface area contributed by atoms with Gasteiger partial charge in [-0.25, -0.2) is 10.3 Å². The summed E-state index contributed by atoms with van der Waals surface area (Å²) >= 11 is 10.5. The number of anilines is 2. The number of likely N-dealkylation sites (tertiary alicyclic amines) is 1. The molecule has 0 saturated carbocycles. The van der Waals surface area contributed by atoms with Crippen molar-refractivity contribution in [1.29, 1.82) is 0 Å². The molecule has 166 valence electrons. The van der Waals surface area contributed by atoms with Crippen molar-refractivity contribution in [2.75, 3.05) is 43.0 Å². The summed E-state index contributed by atoms with van der Waals surface area (Å²) in [6.45, 7) is 6.19. The second kappa shape index (κ2) is 7.67. The van der Waals surface area contributed by atoms with Crippen LogP contribution in [0.15, 0.2) is 10.9 Å². The molecule has 0 radical (unpaired) electrons. The van der Waals surface area contributed by atoms with Crippen molar-refractivity contribution < 1.29 is 9.18 Å². The van der Waals surface area contributed by atoms with Gasteiger partial charge in [-0.15, -0.1) is 0 Å². The fraction of sp³-hybridized carbons (Fsp3) is 0.500. The minimum Gasteiger partial charge on any atom is -0.354 e. The largest absolute Gasteiger partial charge is 0.354 e. The Kier molecular flexibility index (Phi) is 5.47. The summed E-state index contributed by atoms with van der Waals surface area (Å²) in [6.07, 6.45) is 0. The Labute approximate surface area is 212 Å². The zero-order valence-corrected chi connectivity index (χ0v) is 22.3. The molecule has 1 aromatic heterocycles. The second-order valence-electron chi connectivity index (χ2n) is 8.66. The van der Waals surface area contributed by atoms with Gasteiger partial charge < -0.3 is 9.80 Å². The molecule has 1 aromatic carbocycles. The van der Waals surface area contributed by atoms with Crippen molar-refractivity contribution in [3.63, 3.8) is 0 Å². The first-order valence-corrected chi connectivity index (χ1v) is 12.4. The highest BCUT2D eigenvalue weighted by Gasteiger charge is 2.49. The summed E-state index contributed by atoms with van der Waals surface area (Å²) in [4.78, 5) is 33.1. The number of amides is 1. The van der Waals surface area contributed by atoms with Gasteiger partial charge in [0.15, 0.2) is 5.82 Å². The highest BCUT2D eigenvalue weighted by atomic mass is 127. The Morgan fingerprint density at radius 1 is 1.13 bits per heavy atom. The SMILES string of the molecule is Cc1c(Cl)cc2c3c(c(=O)n(I)c2c1F)N(C1CN(C)C1)C(=O)C1CN(I)C(C)CN31. The molecule has 7 nitrogen and oxygen atoms in total. The van der Waals surface area contributed by atoms with E-state index in [1.807, 2.05) is 34.8 Å². The standard InChI is InChI=1S/C20H21ClFI2N5O2/c1-9-5-26-14(8-27(9)23)19(30)28(11-6-25(3)7-11)18-17(26)12-4-13(21)10(2)15(22)16(12)29(24)20(18)31/h4,9,11,14H,5-8H2,1-3H3. The van der Waals surface area contributed by atoms with Crippen molar-refractivity contribution in [1.82, 2.24) is 10.8 Å². The Morgan fingerprint density at radius 2 is 1.81 bits per heavy atom. The molecule has 5 rings (SSSR count). The lowest BCUT2D eigenvalue weighted by Crippen LogP contribution is -2.69. The van der Waals surface area contributed by atoms with Gasteiger partial charge in [0.1, 0.15) is 11.7 Å². The maximum absolute atomic E-state index is 15.3. The highest BCUT2D eigenvalue weighted by Crippen LogP contribution is 2.45. The zero-order chi connectivity index (χ0) is 22.4. The summed E-state index contributed by atoms with van der Waals surface area (Å²) in [5.74, 6) is -0.563. The minimum atomic E-state index is -0.499. The topological polar surface area (TPSA) is 52.0 Å². The van der Waals surface area contributed by atoms with Crippen LogP contribution in [0.2, 0.25) is 5.02 Å². The Bertz CT molecular complexity index is 1180. The average molecular weight is 672 g/mol. The third-order valence-corrected chi connectivity index (χ3v) is 9.26. The van der Waals surface area contributed by atoms with E-state index in [-0.39, 0.29) is 29.1 Å². The van der Waals surface area contributed by atoms with Crippen molar-refractivity contribution in [2.24, 2.45) is 0 Å². The molecule has 11 heteroatoms. The molecule has 2 aromatic rings. The number of hydrogen-bond acceptors (Lipinski definition) is 5. The summed E-state index contributed by atoms with van der Waals surface area (Å²) in [6, 6.07) is 1.40. The number of halogens is 4. The van der Waals surface area contributed by atoms with Crippen LogP contribution >= 0.6 is 57.3 Å². The molecule has 0 bridgehead atoms. The van der Waals surface area contributed by atoms with Crippen LogP contribution in [0, 0.1) is 12.7 Å². The molecule has 2 unspecified atom stereocenters. The first-order chi connectivity index (χ1) is 14.6. The fourth-order valence-electron chi connectivity index (χ4n) is 4.87. The third-order valence-electron chi connectivity index (χ3n) is 6.60. The van der Waals surface area contributed by atoms with Crippen LogP contribution in [0.4, 0.5) is 15.8 Å². The van der Waals surface area contributed by atoms with E-state index in [1.165, 1.54) is 2.78 Å². The maximum atomic E-state index is 15.3. The van der Waals surface area contributed by atoms with E-state index in [1.54, 1.807) is 17.9 Å². The lowest BCUT2D eigenvalue weighted by molar-refractivity contribution is -0.122. The molecule has 3 aliphatic rings. The predicted molar refractivity (Wildman–Crippen MR) is 137 cm³/mol. The molecule has 0 aliphatic carbocycles. The number of aromatic nitrogens is 1. The number of nitrogens with zero attached hydrogens (tertiary/aromatic N) is 5. The van der Waals surface area contributed by atoms with E-state index >= 15 is 4.39 Å². The first kappa shape index (κ1) is 22.1. The maximum Gasteiger partial charge on any atom is 0.286 e. The molecule has 2 saturated heterocycles. The number of carbonyl (C=O) groups is 1. The molecule has 1 amide bonds. The summed E-state index contributed by atoms with van der Waals surface area (Å²) < 4.78 is 18.8. The smallest absolute Gasteiger partial charge is 0.286 e. The molecule has 0 spiro atoms. The number of hydrogen-bond donors (Lipinski definition) is 0. The Morgan fingerprint density at radius 3 is 2.45 bits per heavy atom. The number of benzene rings is 1. The molecular formula is C20H21ClFI2N5O2. The number of carbonyl (C=O) groups excluding carboxylic acids is 1. The van der Waals surface area contributed by atoms with E-state index in [4.69, 9.17) is 11.6 Å². The van der Waals surface area contributed by atoms with Crippen LogP contribution in [-0.4, -0.2) is 68.1 Å². The van der Waals surface area contributed by atoms with E-state index in [0.29, 0.717) is 53.5 Å². The normalized spacial score (nSPS) is 25.1. The molecule has 0 N–H and O–H groups in total. The second-order valence-corrected chi connectivity index (χ2v) is 11.3. The van der Waals surface area contributed by atoms with Crippen molar-refractivity contribution in [3.8, 4) is 0 Å². The number of likely N-dealkylation sites (N-methyl/N-ethyl adjacent to an activating group) is 1. The van der Waals surface area contributed by atoms with Gasteiger partial charge in [0.25, 0.3) is 11.5 Å². The Hall–Kier alpha value is -0.700. The van der Waals surface area contributed by atoms with Gasteiger partial charge in [-0.2, -0.15) is 0 Å². The van der Waals surface area contributed by atoms with E-state index in [0.717, 1.165) is 0 Å². The summed E-state index contributed by atoms with van der Waals surface area (Å²) in [5, 5.41) is 0.882. The van der Waals surface area contributed by atoms with E-state index < -0.39 is 11.9 Å². The Balaban J connectivity index is 1.86. The minimum absolute atomic E-state index is 0.0642. The van der Waals surface area contributed by atoms with Gasteiger partial charge in [-0.1, -0.05) is 11.6 Å². The van der Waals surface area contributed by atoms with Gasteiger partial charge in [0.05, 0.1) is 40.1 Å². The fourth-order valence-corrected chi connectivity index (χ4v) is 6.31. The lowest BCUT2D eigenvalue weighted by Gasteiger charge is -2.53. The number of fused-ring (bicyclic) bond motifs is 5. The van der Waals surface area contributed by atoms with Gasteiger partial charge in [-0.3, -0.25) is 14.5 Å². The molecular weight excluding hydrogens is 651 g/mol. The predicted octanol–water partition coefficient (Wildman–Crippen LogP) is 3.19. The molecule has 31 heavy (non-hydrogen) atoms. The van der Waals surface area contributed by atoms with Gasteiger partial charge in [0.2, 0.25) is 0 Å². The molecule has 2 fully saturated rings. The van der Waals surface area contributed by atoms with Gasteiger partial charge in [-0.05, 0) is 27.0 Å². The van der Waals surface area contributed by atoms with Crippen LogP contribution in [0.3, 0.4) is 0 Å². The van der Waals surface area contributed by atoms with Gasteiger partial charge >= 0.3 is 0 Å². The van der Waals surface area contributed by atoms with Crippen LogP contribution in [-0.2, 0) is 4.79 Å². The number of rotatable bonds is 1. The monoisotopic (exact) mass is 671 g/mol. The van der Waals surface area contributed by atoms with Crippen molar-refractivity contribution in [3.05, 3.63) is 32.8 Å². The molecule has 2 atom stereocenters. The van der Waals surface area contributed by atoms with Crippen molar-refractivity contribution >= 4 is 85.5 Å². The van der Waals surface area contributed by atoms with Crippen LogP contribution < -0.4 is 15.4 Å². The van der Waals surface area contributed by atoms with Gasteiger partial charge in [0, 0.05) is 71.1 Å². The van der Waals surface area contributed by atoms with Crippen LogP contribution in [0.5, 0.6) is 0 Å². The van der Waals surface area contributed by atoms with E-state index in [9.17, 15) is 9.59 Å². The first-order valence-electron chi connectivity index (χ1n) is 10.1. The quantitative estimate of drug-likeness (QED) is 0.345. The third kappa shape index (κ3) is 3.15. The van der Waals surface area contributed by atoms with Crippen molar-refractivity contribution in [2.45, 2.75) is 32.0 Å². The number of pyridine rings is 1. The molecule has 3 aliphatic heterocycles. The zero-order valence-electron chi connectivity index (χ0n) is 17.2. The lowest BCUT2D eigenvalue weighted by atomic mass is 9.96. The highest BCUT2D eigenvalue weighted by molar-refractivity contribution is 14.1. The number of piperazine rings is 1. The summed E-state index contributed by atoms with van der Waals surface area (Å²) in [5.41, 5.74) is 1.13. The van der Waals surface area contributed by atoms with Crippen LogP contribution in [0.25, 0.3) is 10.9 Å². The molecule has 4 heterocycles. The summed E-state index contributed by atoms with van der Waals surface area (Å²) in [7, 11) is 1.99. The average Bonchev–Trinajstić information content (AvgIpc) is 2.69. The van der Waals surface area contributed by atoms with Crippen LogP contribution in [0.1, 0.15) is 12.5 Å².